The molecule has 0 spiro atoms. The minimum Gasteiger partial charge on any atom is -0.409 e. The first-order valence-corrected chi connectivity index (χ1v) is 42.3. The Kier molecular flexibility index (Phi) is 36.0. The fourth-order valence-electron chi connectivity index (χ4n) is 16.7. The van der Waals surface area contributed by atoms with Crippen molar-refractivity contribution in [2.24, 2.45) is 44.3 Å². The number of carbonyl (C=O) groups excluding carboxylic acids is 2. The summed E-state index contributed by atoms with van der Waals surface area (Å²) in [5, 5.41) is 49.5. The molecule has 0 bridgehead atoms. The molecular formula is C84H156N24O4. The van der Waals surface area contributed by atoms with Crippen LogP contribution in [-0.2, 0) is 9.59 Å². The minimum atomic E-state index is 0.199. The first kappa shape index (κ1) is 94.7. The first-order chi connectivity index (χ1) is 52.2. The van der Waals surface area contributed by atoms with Gasteiger partial charge in [-0.3, -0.25) is 44.1 Å². The fourth-order valence-corrected chi connectivity index (χ4v) is 16.7. The molecule has 28 heteroatoms. The average molecular weight is 1570 g/mol. The molecule has 8 aliphatic heterocycles. The number of nitrogens with zero attached hydrogens (tertiary/aromatic N) is 22. The number of amidine groups is 1. The summed E-state index contributed by atoms with van der Waals surface area (Å²) in [6, 6.07) is 1.95. The molecule has 13 rings (SSSR count). The number of aromatic amines is 1. The number of amides is 2. The Balaban J connectivity index is 0.000000200. The number of nitrogens with two attached hydrogens (primary N) is 1. The van der Waals surface area contributed by atoms with Crippen molar-refractivity contribution in [1.29, 1.82) is 0 Å². The molecule has 0 radical (unpaired) electrons. The van der Waals surface area contributed by atoms with Gasteiger partial charge in [0.15, 0.2) is 5.82 Å². The zero-order valence-electron chi connectivity index (χ0n) is 74.8. The molecule has 28 nitrogen and oxygen atoms in total. The second kappa shape index (κ2) is 42.6. The van der Waals surface area contributed by atoms with Gasteiger partial charge in [-0.2, -0.15) is 20.3 Å². The Bertz CT molecular complexity index is 3190. The largest absolute Gasteiger partial charge is 0.409 e. The monoisotopic (exact) mass is 1570 g/mol. The van der Waals surface area contributed by atoms with Gasteiger partial charge < -0.3 is 34.7 Å². The maximum Gasteiger partial charge on any atom is 0.219 e. The number of rotatable bonds is 6. The lowest BCUT2D eigenvalue weighted by Crippen LogP contribution is -2.58. The lowest BCUT2D eigenvalue weighted by molar-refractivity contribution is -0.134. The summed E-state index contributed by atoms with van der Waals surface area (Å²) in [5.74, 6) is 4.70. The van der Waals surface area contributed by atoms with Gasteiger partial charge in [-0.25, -0.2) is 4.68 Å². The van der Waals surface area contributed by atoms with Crippen LogP contribution in [0, 0.1) is 23.2 Å². The van der Waals surface area contributed by atoms with Gasteiger partial charge in [0.05, 0.1) is 12.2 Å². The lowest BCUT2D eigenvalue weighted by atomic mass is 9.66. The predicted molar refractivity (Wildman–Crippen MR) is 453 cm³/mol. The molecule has 1 aliphatic carbocycles. The molecule has 2 atom stereocenters. The molecule has 4 N–H and O–H groups in total. The Morgan fingerprint density at radius 3 is 1.46 bits per heavy atom. The topological polar surface area (TPSA) is 289 Å². The number of H-pyrrole nitrogens is 1. The molecule has 112 heavy (non-hydrogen) atoms. The number of tetrazole rings is 1. The maximum absolute atomic E-state index is 11.3. The first-order valence-electron chi connectivity index (χ1n) is 42.3. The summed E-state index contributed by atoms with van der Waals surface area (Å²) in [7, 11) is 2.18. The van der Waals surface area contributed by atoms with E-state index in [9.17, 15) is 9.59 Å². The highest BCUT2D eigenvalue weighted by Crippen LogP contribution is 2.47. The number of likely N-dealkylation sites (tertiary alicyclic amines) is 5. The number of aromatic nitrogens is 11. The zero-order valence-corrected chi connectivity index (χ0v) is 74.8. The molecule has 1 saturated carbocycles. The van der Waals surface area contributed by atoms with Crippen LogP contribution in [0.25, 0.3) is 0 Å². The highest BCUT2D eigenvalue weighted by atomic mass is 16.5. The van der Waals surface area contributed by atoms with E-state index in [1.807, 2.05) is 45.7 Å². The van der Waals surface area contributed by atoms with Crippen LogP contribution in [0.2, 0.25) is 0 Å². The predicted octanol–water partition coefficient (Wildman–Crippen LogP) is 12.9. The second-order valence-corrected chi connectivity index (χ2v) is 39.9. The third-order valence-electron chi connectivity index (χ3n) is 24.6. The summed E-state index contributed by atoms with van der Waals surface area (Å²) >= 11 is 0. The third kappa shape index (κ3) is 30.8. The quantitative estimate of drug-likeness (QED) is 0.0699. The molecule has 12 heterocycles. The van der Waals surface area contributed by atoms with E-state index in [0.29, 0.717) is 58.7 Å². The molecule has 0 aromatic carbocycles. The van der Waals surface area contributed by atoms with Gasteiger partial charge in [0.2, 0.25) is 18.2 Å². The fraction of sp³-hybridized carbons (Fsp3) is 0.845. The maximum atomic E-state index is 11.3. The van der Waals surface area contributed by atoms with Gasteiger partial charge in [-0.1, -0.05) is 31.1 Å². The van der Waals surface area contributed by atoms with Crippen LogP contribution in [0.4, 0.5) is 0 Å². The molecule has 4 aromatic heterocycles. The summed E-state index contributed by atoms with van der Waals surface area (Å²) in [6.45, 7) is 72.1. The normalized spacial score (nSPS) is 23.6. The van der Waals surface area contributed by atoms with E-state index in [0.717, 1.165) is 135 Å². The highest BCUT2D eigenvalue weighted by molar-refractivity contribution is 5.99. The van der Waals surface area contributed by atoms with E-state index in [1.54, 1.807) is 20.2 Å². The van der Waals surface area contributed by atoms with Crippen molar-refractivity contribution in [2.75, 3.05) is 112 Å². The molecule has 636 valence electrons. The molecule has 2 amide bonds. The Hall–Kier alpha value is -6.17. The Labute approximate surface area is 676 Å². The van der Waals surface area contributed by atoms with E-state index >= 15 is 0 Å². The zero-order chi connectivity index (χ0) is 83.2. The number of nitrogens with one attached hydrogen (secondary N) is 1. The number of piperazine rings is 2. The molecule has 8 fully saturated rings. The second-order valence-electron chi connectivity index (χ2n) is 39.9. The standard InChI is InChI=1S/C12H21N3.C11H19N3O.2C11H22N2O.C10H19N5.C10H21N3O.C10H17N3.C9H15N3/c1-12(2,3)15-6-4-10(5-7-15)11-8-13-14-9-11;1-11(2,3)14-6-4-9(5-7-14)10-12-8-15-13-10;1-9-8-12(11(3,4)5)6-7-13(9)10(2)14;1-9-8-12(10(2)14)6-7-13(9)11(3,4)5;1-10(2,3)14-6-4-9(5-7-14)15-8-11-12-13-15;1-10(2,3)13-6-4-8(5-7-13)9(11)12-14;1-10(2,3)8-4-9(5-8)13-6-11-12-7-13;1-12-6-3-8(4-7-12)9-2-5-10-11-9/h8-10H,4-7H2,1-3H3,(H,13,14);8-9H,4-7H2,1-3H3;2*9H,6-8H2,1-5H3;8-9H,4-7H2,1-3H3;8,14H,4-7H2,1-3H3,(H2,11,12);6-9H,4-5H2,1-3H3;5,8H,2-4,6-7H2,1H3. The molecule has 4 aromatic rings. The summed E-state index contributed by atoms with van der Waals surface area (Å²) < 4.78 is 8.80. The van der Waals surface area contributed by atoms with Crippen molar-refractivity contribution >= 4 is 29.6 Å². The van der Waals surface area contributed by atoms with Gasteiger partial charge in [0.25, 0.3) is 0 Å². The number of hydrogen-bond acceptors (Lipinski definition) is 22. The molecular weight excluding hydrogens is 1410 g/mol. The van der Waals surface area contributed by atoms with Crippen LogP contribution in [0.1, 0.15) is 292 Å². The van der Waals surface area contributed by atoms with Crippen LogP contribution in [0.5, 0.6) is 0 Å². The Morgan fingerprint density at radius 1 is 0.554 bits per heavy atom. The van der Waals surface area contributed by atoms with Crippen molar-refractivity contribution in [3.63, 3.8) is 0 Å². The molecule has 2 unspecified atom stereocenters. The third-order valence-corrected chi connectivity index (χ3v) is 24.6. The van der Waals surface area contributed by atoms with Crippen molar-refractivity contribution in [3.8, 4) is 0 Å². The van der Waals surface area contributed by atoms with Crippen molar-refractivity contribution in [2.45, 2.75) is 326 Å². The van der Waals surface area contributed by atoms with Gasteiger partial charge in [-0.15, -0.1) is 15.3 Å². The van der Waals surface area contributed by atoms with Gasteiger partial charge in [0, 0.05) is 160 Å². The van der Waals surface area contributed by atoms with E-state index in [1.165, 1.54) is 82.4 Å². The van der Waals surface area contributed by atoms with Gasteiger partial charge >= 0.3 is 0 Å². The number of hydrogen-bond donors (Lipinski definition) is 3. The molecule has 7 saturated heterocycles. The van der Waals surface area contributed by atoms with Crippen molar-refractivity contribution < 1.29 is 19.3 Å². The van der Waals surface area contributed by atoms with E-state index in [4.69, 9.17) is 15.5 Å². The van der Waals surface area contributed by atoms with Gasteiger partial charge in [-0.05, 0) is 308 Å². The van der Waals surface area contributed by atoms with Crippen molar-refractivity contribution in [3.05, 3.63) is 49.2 Å². The summed E-state index contributed by atoms with van der Waals surface area (Å²) in [4.78, 5) is 47.8. The van der Waals surface area contributed by atoms with Crippen molar-refractivity contribution in [1.82, 2.24) is 99.4 Å². The van der Waals surface area contributed by atoms with Gasteiger partial charge in [0.1, 0.15) is 24.8 Å². The number of oxime groups is 1. The van der Waals surface area contributed by atoms with Crippen LogP contribution < -0.4 is 5.73 Å². The molecule has 9 aliphatic rings. The van der Waals surface area contributed by atoms with Crippen LogP contribution in [0.15, 0.2) is 57.7 Å². The van der Waals surface area contributed by atoms with Crippen LogP contribution >= 0.6 is 0 Å². The lowest BCUT2D eigenvalue weighted by Gasteiger charge is -2.46. The van der Waals surface area contributed by atoms with Crippen LogP contribution in [0.3, 0.4) is 0 Å². The number of piperidine rings is 5. The highest BCUT2D eigenvalue weighted by Gasteiger charge is 2.39. The summed E-state index contributed by atoms with van der Waals surface area (Å²) in [5.41, 5.74) is 10.3. The van der Waals surface area contributed by atoms with E-state index in [-0.39, 0.29) is 45.4 Å². The Morgan fingerprint density at radius 2 is 1.06 bits per heavy atom. The smallest absolute Gasteiger partial charge is 0.219 e. The van der Waals surface area contributed by atoms with Crippen LogP contribution in [-0.4, -0.2) is 291 Å². The average Bonchev–Trinajstić information content (AvgIpc) is 1.27. The van der Waals surface area contributed by atoms with E-state index < -0.39 is 0 Å². The summed E-state index contributed by atoms with van der Waals surface area (Å²) in [6.07, 6.45) is 27.8. The number of carbonyl (C=O) groups is 2. The SMILES string of the molecule is CC(=O)N1CCN(C(C)(C)C)C(C)C1.CC(=O)N1CCN(C(C)(C)C)CC1C.CC(C)(C)C1CC(n2cnnc2)C1.CC(C)(C)N1CCC(/C(N)=N/O)CC1.CC(C)(C)N1CCC(c2cn[nH]c2)CC1.CC(C)(C)N1CCC(c2ncon2)CC1.CC(C)(C)N1CCC(n2cnnn2)CC1.CN1CCC(C2=NN=CC2)CC1. The van der Waals surface area contributed by atoms with E-state index in [2.05, 4.69) is 267 Å². The minimum absolute atomic E-state index is 0.199.